The van der Waals surface area contributed by atoms with Crippen LogP contribution in [0.5, 0.6) is 11.5 Å². The van der Waals surface area contributed by atoms with Crippen LogP contribution < -0.4 is 25.6 Å². The Labute approximate surface area is 243 Å². The monoisotopic (exact) mass is 560 g/mol. The second-order valence-corrected chi connectivity index (χ2v) is 11.6. The van der Waals surface area contributed by atoms with Gasteiger partial charge in [-0.3, -0.25) is 9.91 Å². The maximum absolute atomic E-state index is 6.53. The number of nitrogens with one attached hydrogen (secondary N) is 1. The van der Waals surface area contributed by atoms with Crippen molar-refractivity contribution >= 4 is 5.95 Å². The highest BCUT2D eigenvalue weighted by atomic mass is 16.5. The summed E-state index contributed by atoms with van der Waals surface area (Å²) in [6, 6.07) is 8.30. The van der Waals surface area contributed by atoms with Crippen molar-refractivity contribution < 1.29 is 9.47 Å². The van der Waals surface area contributed by atoms with Gasteiger partial charge in [-0.15, -0.1) is 0 Å². The average molecular weight is 561 g/mol. The molecule has 3 N–H and O–H groups in total. The summed E-state index contributed by atoms with van der Waals surface area (Å²) in [4.78, 5) is 21.3. The molecule has 5 rings (SSSR count). The van der Waals surface area contributed by atoms with Gasteiger partial charge in [0, 0.05) is 36.8 Å². The molecule has 0 spiro atoms. The number of aromatic nitrogens is 4. The topological polar surface area (TPSA) is 115 Å². The van der Waals surface area contributed by atoms with E-state index < -0.39 is 0 Å². The van der Waals surface area contributed by atoms with Gasteiger partial charge in [0.1, 0.15) is 17.2 Å². The van der Waals surface area contributed by atoms with Crippen molar-refractivity contribution in [2.75, 3.05) is 31.2 Å². The van der Waals surface area contributed by atoms with Gasteiger partial charge in [0.05, 0.1) is 18.2 Å². The Bertz CT molecular complexity index is 1230. The number of hydrogen-bond donors (Lipinski definition) is 2. The third-order valence-corrected chi connectivity index (χ3v) is 7.63. The van der Waals surface area contributed by atoms with E-state index in [-0.39, 0.29) is 18.2 Å². The molecule has 0 atom stereocenters. The van der Waals surface area contributed by atoms with Crippen molar-refractivity contribution in [2.24, 2.45) is 5.84 Å². The summed E-state index contributed by atoms with van der Waals surface area (Å²) in [5.74, 6) is 9.70. The Balaban J connectivity index is 1.31. The molecule has 220 valence electrons. The maximum atomic E-state index is 6.53. The van der Waals surface area contributed by atoms with Gasteiger partial charge < -0.3 is 14.8 Å². The summed E-state index contributed by atoms with van der Waals surface area (Å²) in [6.45, 7) is 12.9. The van der Waals surface area contributed by atoms with Crippen molar-refractivity contribution in [1.82, 2.24) is 30.2 Å². The quantitative estimate of drug-likeness (QED) is 0.274. The lowest BCUT2D eigenvalue weighted by atomic mass is 9.88. The Morgan fingerprint density at radius 2 is 1.56 bits per heavy atom. The van der Waals surface area contributed by atoms with Gasteiger partial charge in [0.15, 0.2) is 5.82 Å². The number of benzene rings is 1. The minimum Gasteiger partial charge on any atom is -0.491 e. The number of hydrazine groups is 1. The first-order chi connectivity index (χ1) is 19.9. The first-order valence-corrected chi connectivity index (χ1v) is 14.9. The van der Waals surface area contributed by atoms with E-state index in [0.29, 0.717) is 17.7 Å². The largest absolute Gasteiger partial charge is 0.491 e. The zero-order valence-electron chi connectivity index (χ0n) is 24.8. The zero-order valence-corrected chi connectivity index (χ0v) is 24.8. The Morgan fingerprint density at radius 1 is 0.927 bits per heavy atom. The van der Waals surface area contributed by atoms with E-state index in [1.54, 1.807) is 17.4 Å². The van der Waals surface area contributed by atoms with E-state index in [2.05, 4.69) is 32.3 Å². The number of likely N-dealkylation sites (tertiary alicyclic amines) is 1. The molecule has 10 heteroatoms. The van der Waals surface area contributed by atoms with E-state index in [1.165, 1.54) is 5.56 Å². The molecule has 0 aliphatic carbocycles. The van der Waals surface area contributed by atoms with Crippen molar-refractivity contribution in [1.29, 1.82) is 0 Å². The summed E-state index contributed by atoms with van der Waals surface area (Å²) in [5.41, 5.74) is 3.08. The van der Waals surface area contributed by atoms with Crippen molar-refractivity contribution in [3.05, 3.63) is 54.0 Å². The molecule has 4 heterocycles. The standard InChI is InChI=1S/C31H44N8O2/c1-21(2)40-26-16-23(17-27(18-26)41-22(3)4)20-38-14-8-24(9-15-38)28-19-36-31(39(32)25-6-12-33-13-7-25)37-29(28)30-34-10-5-11-35-30/h5,10-11,16-19,21-22,24-25,33H,6-9,12-15,20,32H2,1-4H3. The van der Waals surface area contributed by atoms with Crippen LogP contribution in [0.1, 0.15) is 70.4 Å². The van der Waals surface area contributed by atoms with Gasteiger partial charge in [-0.05, 0) is 109 Å². The zero-order chi connectivity index (χ0) is 28.8. The molecule has 41 heavy (non-hydrogen) atoms. The molecule has 1 aromatic carbocycles. The fraction of sp³-hybridized carbons (Fsp3) is 0.548. The molecule has 2 aliphatic heterocycles. The minimum atomic E-state index is 0.107. The first-order valence-electron chi connectivity index (χ1n) is 14.9. The van der Waals surface area contributed by atoms with Crippen LogP contribution in [0.15, 0.2) is 42.9 Å². The highest BCUT2D eigenvalue weighted by molar-refractivity contribution is 5.57. The lowest BCUT2D eigenvalue weighted by molar-refractivity contribution is 0.202. The van der Waals surface area contributed by atoms with Crippen LogP contribution in [0.2, 0.25) is 0 Å². The predicted octanol–water partition coefficient (Wildman–Crippen LogP) is 4.32. The van der Waals surface area contributed by atoms with Crippen LogP contribution in [0.25, 0.3) is 11.5 Å². The Hall–Kier alpha value is -3.34. The third kappa shape index (κ3) is 7.69. The number of piperidine rings is 2. The van der Waals surface area contributed by atoms with E-state index in [1.807, 2.05) is 46.0 Å². The van der Waals surface area contributed by atoms with Crippen molar-refractivity contribution in [3.8, 4) is 23.0 Å². The van der Waals surface area contributed by atoms with Crippen LogP contribution in [0, 0.1) is 0 Å². The molecule has 0 radical (unpaired) electrons. The molecule has 2 aromatic heterocycles. The Kier molecular flexibility index (Phi) is 9.64. The summed E-state index contributed by atoms with van der Waals surface area (Å²) < 4.78 is 12.0. The van der Waals surface area contributed by atoms with E-state index >= 15 is 0 Å². The van der Waals surface area contributed by atoms with Crippen LogP contribution in [-0.4, -0.2) is 69.3 Å². The molecule has 10 nitrogen and oxygen atoms in total. The van der Waals surface area contributed by atoms with Gasteiger partial charge in [-0.25, -0.2) is 25.8 Å². The number of ether oxygens (including phenoxy) is 2. The predicted molar refractivity (Wildman–Crippen MR) is 161 cm³/mol. The molecule has 3 aromatic rings. The second kappa shape index (κ2) is 13.5. The first kappa shape index (κ1) is 29.2. The minimum absolute atomic E-state index is 0.107. The summed E-state index contributed by atoms with van der Waals surface area (Å²) in [7, 11) is 0. The van der Waals surface area contributed by atoms with Crippen LogP contribution >= 0.6 is 0 Å². The highest BCUT2D eigenvalue weighted by Gasteiger charge is 2.28. The molecule has 2 saturated heterocycles. The van der Waals surface area contributed by atoms with Crippen molar-refractivity contribution in [2.45, 2.75) is 84.1 Å². The van der Waals surface area contributed by atoms with E-state index in [0.717, 1.165) is 81.2 Å². The molecular weight excluding hydrogens is 516 g/mol. The SMILES string of the molecule is CC(C)Oc1cc(CN2CCC(c3cnc(N(N)C4CCNCC4)nc3-c3ncccn3)CC2)cc(OC(C)C)c1. The average Bonchev–Trinajstić information content (AvgIpc) is 2.97. The Morgan fingerprint density at radius 3 is 2.17 bits per heavy atom. The van der Waals surface area contributed by atoms with Gasteiger partial charge in [-0.1, -0.05) is 0 Å². The summed E-state index contributed by atoms with van der Waals surface area (Å²) >= 11 is 0. The van der Waals surface area contributed by atoms with Crippen LogP contribution in [0.4, 0.5) is 5.95 Å². The molecule has 0 unspecified atom stereocenters. The third-order valence-electron chi connectivity index (χ3n) is 7.63. The number of nitrogens with zero attached hydrogens (tertiary/aromatic N) is 6. The van der Waals surface area contributed by atoms with E-state index in [9.17, 15) is 0 Å². The number of hydrogen-bond acceptors (Lipinski definition) is 10. The van der Waals surface area contributed by atoms with Gasteiger partial charge in [0.2, 0.25) is 5.95 Å². The molecule has 2 aliphatic rings. The summed E-state index contributed by atoms with van der Waals surface area (Å²) in [6.07, 6.45) is 9.63. The smallest absolute Gasteiger partial charge is 0.240 e. The highest BCUT2D eigenvalue weighted by Crippen LogP contribution is 2.35. The maximum Gasteiger partial charge on any atom is 0.240 e. The van der Waals surface area contributed by atoms with Crippen LogP contribution in [-0.2, 0) is 6.54 Å². The lowest BCUT2D eigenvalue weighted by Crippen LogP contribution is -2.48. The fourth-order valence-electron chi connectivity index (χ4n) is 5.72. The fourth-order valence-corrected chi connectivity index (χ4v) is 5.72. The van der Waals surface area contributed by atoms with Gasteiger partial charge in [-0.2, -0.15) is 0 Å². The lowest BCUT2D eigenvalue weighted by Gasteiger charge is -2.33. The molecular formula is C31H44N8O2. The molecule has 2 fully saturated rings. The number of nitrogens with two attached hydrogens (primary N) is 1. The molecule has 0 amide bonds. The number of anilines is 1. The molecule has 0 saturated carbocycles. The van der Waals surface area contributed by atoms with E-state index in [4.69, 9.17) is 25.3 Å². The number of rotatable bonds is 10. The normalized spacial score (nSPS) is 17.2. The summed E-state index contributed by atoms with van der Waals surface area (Å²) in [5, 5.41) is 5.12. The molecule has 0 bridgehead atoms. The van der Waals surface area contributed by atoms with Gasteiger partial charge >= 0.3 is 0 Å². The van der Waals surface area contributed by atoms with Crippen molar-refractivity contribution in [3.63, 3.8) is 0 Å². The van der Waals surface area contributed by atoms with Crippen LogP contribution in [0.3, 0.4) is 0 Å². The van der Waals surface area contributed by atoms with Gasteiger partial charge in [0.25, 0.3) is 0 Å². The second-order valence-electron chi connectivity index (χ2n) is 11.6.